The summed E-state index contributed by atoms with van der Waals surface area (Å²) in [6.45, 7) is 2.42. The van der Waals surface area contributed by atoms with Gasteiger partial charge in [0.15, 0.2) is 5.82 Å². The van der Waals surface area contributed by atoms with Crippen LogP contribution < -0.4 is 10.5 Å². The first-order chi connectivity index (χ1) is 9.35. The van der Waals surface area contributed by atoms with Crippen molar-refractivity contribution in [1.29, 1.82) is 0 Å². The molecule has 0 aromatic heterocycles. The number of anilines is 1. The number of halogens is 2. The lowest BCUT2D eigenvalue weighted by Gasteiger charge is -2.35. The number of sulfonamides is 1. The molecule has 0 amide bonds. The Labute approximate surface area is 116 Å². The zero-order valence-corrected chi connectivity index (χ0v) is 11.7. The highest BCUT2D eigenvalue weighted by atomic mass is 32.2. The number of hydrogen-bond donors (Lipinski definition) is 2. The smallest absolute Gasteiger partial charge is 0.243 e. The maximum absolute atomic E-state index is 13.7. The molecule has 1 aliphatic carbocycles. The van der Waals surface area contributed by atoms with Crippen molar-refractivity contribution in [3.05, 3.63) is 23.8 Å². The van der Waals surface area contributed by atoms with Gasteiger partial charge in [-0.05, 0) is 31.9 Å². The lowest BCUT2D eigenvalue weighted by atomic mass is 9.90. The van der Waals surface area contributed by atoms with E-state index >= 15 is 0 Å². The van der Waals surface area contributed by atoms with Gasteiger partial charge in [0, 0.05) is 12.6 Å². The van der Waals surface area contributed by atoms with Gasteiger partial charge < -0.3 is 10.5 Å². The van der Waals surface area contributed by atoms with Crippen LogP contribution in [0.2, 0.25) is 0 Å². The van der Waals surface area contributed by atoms with E-state index in [1.54, 1.807) is 0 Å². The minimum absolute atomic E-state index is 0.0239. The summed E-state index contributed by atoms with van der Waals surface area (Å²) < 4.78 is 58.4. The fourth-order valence-electron chi connectivity index (χ4n) is 2.07. The zero-order valence-electron chi connectivity index (χ0n) is 10.9. The highest BCUT2D eigenvalue weighted by molar-refractivity contribution is 7.89. The predicted octanol–water partition coefficient (Wildman–Crippen LogP) is 1.39. The molecule has 1 aromatic rings. The summed E-state index contributed by atoms with van der Waals surface area (Å²) in [6.07, 6.45) is 1.09. The maximum Gasteiger partial charge on any atom is 0.243 e. The van der Waals surface area contributed by atoms with Gasteiger partial charge in [-0.15, -0.1) is 0 Å². The summed E-state index contributed by atoms with van der Waals surface area (Å²) >= 11 is 0. The summed E-state index contributed by atoms with van der Waals surface area (Å²) in [6, 6.07) is 1.39. The predicted molar refractivity (Wildman–Crippen MR) is 69.5 cm³/mol. The topological polar surface area (TPSA) is 81.4 Å². The first kappa shape index (κ1) is 15.1. The molecule has 5 nitrogen and oxygen atoms in total. The van der Waals surface area contributed by atoms with Gasteiger partial charge in [-0.3, -0.25) is 0 Å². The second kappa shape index (κ2) is 5.63. The lowest BCUT2D eigenvalue weighted by Crippen LogP contribution is -2.47. The van der Waals surface area contributed by atoms with Gasteiger partial charge in [-0.1, -0.05) is 0 Å². The average molecular weight is 306 g/mol. The quantitative estimate of drug-likeness (QED) is 0.806. The number of hydrogen-bond acceptors (Lipinski definition) is 4. The maximum atomic E-state index is 13.7. The molecule has 2 rings (SSSR count). The van der Waals surface area contributed by atoms with Gasteiger partial charge in [0.05, 0.1) is 6.10 Å². The Morgan fingerprint density at radius 3 is 2.65 bits per heavy atom. The summed E-state index contributed by atoms with van der Waals surface area (Å²) in [5.74, 6) is -2.25. The van der Waals surface area contributed by atoms with E-state index in [4.69, 9.17) is 10.5 Å². The molecule has 1 saturated carbocycles. The largest absolute Gasteiger partial charge is 0.394 e. The van der Waals surface area contributed by atoms with Crippen molar-refractivity contribution in [3.8, 4) is 0 Å². The fraction of sp³-hybridized carbons (Fsp3) is 0.500. The number of benzene rings is 1. The molecule has 1 aliphatic rings. The monoisotopic (exact) mass is 306 g/mol. The molecule has 8 heteroatoms. The minimum atomic E-state index is -4.06. The van der Waals surface area contributed by atoms with Crippen molar-refractivity contribution in [3.63, 3.8) is 0 Å². The molecule has 0 atom stereocenters. The molecule has 0 spiro atoms. The number of nitrogens with one attached hydrogen (secondary N) is 1. The molecule has 1 fully saturated rings. The van der Waals surface area contributed by atoms with Gasteiger partial charge in [0.25, 0.3) is 0 Å². The van der Waals surface area contributed by atoms with Crippen LogP contribution in [-0.4, -0.2) is 27.2 Å². The first-order valence-electron chi connectivity index (χ1n) is 6.22. The Morgan fingerprint density at radius 2 is 2.05 bits per heavy atom. The SMILES string of the molecule is CCOC1CC(NS(=O)(=O)c2ccc(F)c(N)c2F)C1. The van der Waals surface area contributed by atoms with Crippen molar-refractivity contribution in [2.75, 3.05) is 12.3 Å². The summed E-state index contributed by atoms with van der Waals surface area (Å²) in [5.41, 5.74) is 4.36. The lowest BCUT2D eigenvalue weighted by molar-refractivity contribution is -0.00476. The summed E-state index contributed by atoms with van der Waals surface area (Å²) in [5, 5.41) is 0. The molecule has 3 N–H and O–H groups in total. The Morgan fingerprint density at radius 1 is 1.40 bits per heavy atom. The van der Waals surface area contributed by atoms with E-state index in [0.717, 1.165) is 12.1 Å². The van der Waals surface area contributed by atoms with E-state index in [0.29, 0.717) is 19.4 Å². The molecular formula is C12H16F2N2O3S. The second-order valence-electron chi connectivity index (χ2n) is 4.64. The number of nitrogens with two attached hydrogens (primary N) is 1. The van der Waals surface area contributed by atoms with Crippen molar-refractivity contribution in [1.82, 2.24) is 4.72 Å². The molecule has 0 bridgehead atoms. The van der Waals surface area contributed by atoms with Crippen molar-refractivity contribution in [2.24, 2.45) is 0 Å². The molecule has 0 radical (unpaired) electrons. The molecular weight excluding hydrogens is 290 g/mol. The van der Waals surface area contributed by atoms with E-state index in [-0.39, 0.29) is 12.1 Å². The molecule has 112 valence electrons. The van der Waals surface area contributed by atoms with Crippen LogP contribution in [0.5, 0.6) is 0 Å². The van der Waals surface area contributed by atoms with Gasteiger partial charge >= 0.3 is 0 Å². The normalized spacial score (nSPS) is 22.6. The van der Waals surface area contributed by atoms with Gasteiger partial charge in [-0.25, -0.2) is 21.9 Å². The van der Waals surface area contributed by atoms with E-state index in [1.807, 2.05) is 6.92 Å². The van der Waals surface area contributed by atoms with E-state index < -0.39 is 32.2 Å². The van der Waals surface area contributed by atoms with Crippen molar-refractivity contribution < 1.29 is 21.9 Å². The Kier molecular flexibility index (Phi) is 4.26. The Hall–Kier alpha value is -1.25. The first-order valence-corrected chi connectivity index (χ1v) is 7.71. The van der Waals surface area contributed by atoms with E-state index in [2.05, 4.69) is 4.72 Å². The van der Waals surface area contributed by atoms with Crippen LogP contribution in [0.4, 0.5) is 14.5 Å². The summed E-state index contributed by atoms with van der Waals surface area (Å²) in [4.78, 5) is -0.642. The molecule has 20 heavy (non-hydrogen) atoms. The third-order valence-corrected chi connectivity index (χ3v) is 4.74. The molecule has 0 saturated heterocycles. The van der Waals surface area contributed by atoms with Crippen LogP contribution in [0.3, 0.4) is 0 Å². The van der Waals surface area contributed by atoms with Gasteiger partial charge in [0.1, 0.15) is 16.4 Å². The standard InChI is InChI=1S/C12H16F2N2O3S/c1-2-19-8-5-7(6-8)16-20(17,18)10-4-3-9(13)12(15)11(10)14/h3-4,7-8,16H,2,5-6,15H2,1H3. The molecule has 1 aromatic carbocycles. The third kappa shape index (κ3) is 2.92. The minimum Gasteiger partial charge on any atom is -0.394 e. The van der Waals surface area contributed by atoms with Crippen LogP contribution >= 0.6 is 0 Å². The number of nitrogen functional groups attached to an aromatic ring is 1. The Bertz CT molecular complexity index is 601. The highest BCUT2D eigenvalue weighted by Gasteiger charge is 2.34. The highest BCUT2D eigenvalue weighted by Crippen LogP contribution is 2.27. The summed E-state index contributed by atoms with van der Waals surface area (Å²) in [7, 11) is -4.06. The molecule has 0 heterocycles. The van der Waals surface area contributed by atoms with Crippen molar-refractivity contribution in [2.45, 2.75) is 36.8 Å². The number of rotatable bonds is 5. The van der Waals surface area contributed by atoms with E-state index in [9.17, 15) is 17.2 Å². The van der Waals surface area contributed by atoms with Crippen molar-refractivity contribution >= 4 is 15.7 Å². The third-order valence-electron chi connectivity index (χ3n) is 3.20. The van der Waals surface area contributed by atoms with Crippen LogP contribution in [0.25, 0.3) is 0 Å². The second-order valence-corrected chi connectivity index (χ2v) is 6.32. The van der Waals surface area contributed by atoms with Crippen LogP contribution in [0.1, 0.15) is 19.8 Å². The molecule has 0 aliphatic heterocycles. The average Bonchev–Trinajstić information content (AvgIpc) is 2.33. The van der Waals surface area contributed by atoms with Crippen LogP contribution in [0.15, 0.2) is 17.0 Å². The zero-order chi connectivity index (χ0) is 14.9. The molecule has 0 unspecified atom stereocenters. The van der Waals surface area contributed by atoms with Crippen LogP contribution in [-0.2, 0) is 14.8 Å². The van der Waals surface area contributed by atoms with E-state index in [1.165, 1.54) is 0 Å². The van der Waals surface area contributed by atoms with Gasteiger partial charge in [-0.2, -0.15) is 0 Å². The van der Waals surface area contributed by atoms with Gasteiger partial charge in [0.2, 0.25) is 10.0 Å². The number of ether oxygens (including phenoxy) is 1. The Balaban J connectivity index is 2.11. The fourth-order valence-corrected chi connectivity index (χ4v) is 3.42. The van der Waals surface area contributed by atoms with Crippen LogP contribution in [0, 0.1) is 11.6 Å².